The summed E-state index contributed by atoms with van der Waals surface area (Å²) in [4.78, 5) is 34.8. The first-order chi connectivity index (χ1) is 12.0. The van der Waals surface area contributed by atoms with Crippen LogP contribution in [0.25, 0.3) is 10.9 Å². The van der Waals surface area contributed by atoms with E-state index in [1.54, 1.807) is 12.3 Å². The summed E-state index contributed by atoms with van der Waals surface area (Å²) in [6.45, 7) is 10.3. The van der Waals surface area contributed by atoms with Gasteiger partial charge in [0.15, 0.2) is 11.5 Å². The fourth-order valence-corrected chi connectivity index (χ4v) is 2.83. The van der Waals surface area contributed by atoms with Gasteiger partial charge in [0.05, 0.1) is 11.1 Å². The van der Waals surface area contributed by atoms with Crippen LogP contribution in [0.1, 0.15) is 31.1 Å². The highest BCUT2D eigenvalue weighted by atomic mass is 28.3. The molecule has 0 bridgehead atoms. The van der Waals surface area contributed by atoms with Gasteiger partial charge in [-0.25, -0.2) is 0 Å². The molecule has 0 spiro atoms. The number of hydrogen-bond donors (Lipinski definition) is 0. The zero-order valence-corrected chi connectivity index (χ0v) is 16.7. The molecule has 2 rings (SSSR count). The van der Waals surface area contributed by atoms with Crippen molar-refractivity contribution in [2.45, 2.75) is 40.4 Å². The second kappa shape index (κ2) is 7.18. The van der Waals surface area contributed by atoms with Crippen LogP contribution in [0.4, 0.5) is 0 Å². The molecule has 0 saturated heterocycles. The number of fused-ring (bicyclic) bond motifs is 1. The molecular weight excluding hydrogens is 350 g/mol. The van der Waals surface area contributed by atoms with Gasteiger partial charge >= 0.3 is 11.9 Å². The molecule has 1 aromatic carbocycles. The number of hydrogen-bond acceptors (Lipinski definition) is 5. The number of carbonyl (C=O) groups is 3. The summed E-state index contributed by atoms with van der Waals surface area (Å²) in [6.07, 6.45) is 1.65. The zero-order valence-electron chi connectivity index (χ0n) is 15.7. The molecule has 0 unspecified atom stereocenters. The Morgan fingerprint density at radius 2 is 1.50 bits per heavy atom. The molecule has 0 aliphatic heterocycles. The molecule has 26 heavy (non-hydrogen) atoms. The van der Waals surface area contributed by atoms with E-state index in [9.17, 15) is 14.4 Å². The van der Waals surface area contributed by atoms with Gasteiger partial charge < -0.3 is 9.47 Å². The Bertz CT molecular complexity index is 970. The third-order valence-electron chi connectivity index (χ3n) is 3.29. The summed E-state index contributed by atoms with van der Waals surface area (Å²) in [6, 6.07) is 3.08. The average molecular weight is 371 g/mol. The maximum Gasteiger partial charge on any atom is 0.308 e. The van der Waals surface area contributed by atoms with Crippen LogP contribution < -0.4 is 9.47 Å². The van der Waals surface area contributed by atoms with Crippen molar-refractivity contribution in [1.29, 1.82) is 0 Å². The number of ether oxygens (including phenoxy) is 2. The predicted molar refractivity (Wildman–Crippen MR) is 101 cm³/mol. The minimum atomic E-state index is -1.63. The molecule has 0 radical (unpaired) electrons. The maximum atomic E-state index is 12.0. The first-order valence-corrected chi connectivity index (χ1v) is 11.6. The van der Waals surface area contributed by atoms with Gasteiger partial charge in [0, 0.05) is 38.4 Å². The van der Waals surface area contributed by atoms with Gasteiger partial charge in [-0.05, 0) is 6.07 Å². The smallest absolute Gasteiger partial charge is 0.308 e. The normalized spacial score (nSPS) is 10.8. The first kappa shape index (κ1) is 19.5. The maximum absolute atomic E-state index is 12.0. The van der Waals surface area contributed by atoms with Crippen LogP contribution in [0, 0.1) is 11.5 Å². The number of esters is 2. The highest BCUT2D eigenvalue weighted by Crippen LogP contribution is 2.35. The molecule has 0 aliphatic rings. The van der Waals surface area contributed by atoms with E-state index in [4.69, 9.17) is 9.47 Å². The molecule has 0 saturated carbocycles. The minimum Gasteiger partial charge on any atom is -0.423 e. The van der Waals surface area contributed by atoms with Crippen LogP contribution in [0.3, 0.4) is 0 Å². The Kier molecular flexibility index (Phi) is 5.38. The summed E-state index contributed by atoms with van der Waals surface area (Å²) in [7, 11) is -1.63. The molecule has 0 N–H and O–H groups in total. The quantitative estimate of drug-likeness (QED) is 0.350. The SMILES string of the molecule is CC(=O)Oc1cc2c(C#C[Si](C)(C)C)cn(C(C)=O)c2cc1OC(C)=O. The molecule has 0 amide bonds. The molecule has 7 heteroatoms. The number of aromatic nitrogens is 1. The van der Waals surface area contributed by atoms with Gasteiger partial charge in [-0.1, -0.05) is 25.6 Å². The topological polar surface area (TPSA) is 74.6 Å². The van der Waals surface area contributed by atoms with E-state index in [1.807, 2.05) is 0 Å². The van der Waals surface area contributed by atoms with E-state index in [1.165, 1.54) is 31.4 Å². The second-order valence-corrected chi connectivity index (χ2v) is 11.7. The van der Waals surface area contributed by atoms with Crippen molar-refractivity contribution in [3.8, 4) is 23.0 Å². The van der Waals surface area contributed by atoms with Crippen LogP contribution in [-0.2, 0) is 9.59 Å². The number of carbonyl (C=O) groups excluding carboxylic acids is 3. The van der Waals surface area contributed by atoms with Crippen molar-refractivity contribution in [3.05, 3.63) is 23.9 Å². The van der Waals surface area contributed by atoms with E-state index in [2.05, 4.69) is 31.1 Å². The Morgan fingerprint density at radius 3 is 1.96 bits per heavy atom. The van der Waals surface area contributed by atoms with Crippen LogP contribution in [0.2, 0.25) is 19.6 Å². The fourth-order valence-electron chi connectivity index (χ4n) is 2.32. The van der Waals surface area contributed by atoms with E-state index in [0.717, 1.165) is 0 Å². The van der Waals surface area contributed by atoms with Gasteiger partial charge in [0.25, 0.3) is 0 Å². The number of nitrogens with zero attached hydrogens (tertiary/aromatic N) is 1. The van der Waals surface area contributed by atoms with E-state index < -0.39 is 20.0 Å². The molecule has 2 aromatic rings. The third kappa shape index (κ3) is 4.61. The van der Waals surface area contributed by atoms with E-state index >= 15 is 0 Å². The van der Waals surface area contributed by atoms with Crippen LogP contribution >= 0.6 is 0 Å². The molecule has 6 nitrogen and oxygen atoms in total. The largest absolute Gasteiger partial charge is 0.423 e. The summed E-state index contributed by atoms with van der Waals surface area (Å²) >= 11 is 0. The molecule has 0 fully saturated rings. The highest BCUT2D eigenvalue weighted by Gasteiger charge is 2.18. The molecular formula is C19H21NO5Si. The lowest BCUT2D eigenvalue weighted by Crippen LogP contribution is -2.16. The minimum absolute atomic E-state index is 0.0745. The third-order valence-corrected chi connectivity index (χ3v) is 4.16. The van der Waals surface area contributed by atoms with Gasteiger partial charge in [0.2, 0.25) is 5.91 Å². The van der Waals surface area contributed by atoms with E-state index in [0.29, 0.717) is 16.5 Å². The second-order valence-electron chi connectivity index (χ2n) is 6.94. The van der Waals surface area contributed by atoms with Gasteiger partial charge in [-0.3, -0.25) is 19.0 Å². The summed E-state index contributed by atoms with van der Waals surface area (Å²) in [5.74, 6) is 2.01. The predicted octanol–water partition coefficient (Wildman–Crippen LogP) is 3.38. The van der Waals surface area contributed by atoms with Crippen molar-refractivity contribution in [2.75, 3.05) is 0 Å². The molecule has 0 atom stereocenters. The first-order valence-electron chi connectivity index (χ1n) is 8.08. The molecule has 1 heterocycles. The molecule has 136 valence electrons. The Hall–Kier alpha value is -2.85. The average Bonchev–Trinajstić information content (AvgIpc) is 2.81. The lowest BCUT2D eigenvalue weighted by molar-refractivity contribution is -0.134. The standard InChI is InChI=1S/C19H21NO5Si/c1-12(21)20-11-15(7-8-26(4,5)6)16-9-18(24-13(2)22)19(10-17(16)20)25-14(3)23/h9-11H,1-6H3. The summed E-state index contributed by atoms with van der Waals surface area (Å²) < 4.78 is 11.8. The summed E-state index contributed by atoms with van der Waals surface area (Å²) in [5.41, 5.74) is 4.45. The van der Waals surface area contributed by atoms with Crippen molar-refractivity contribution in [2.24, 2.45) is 0 Å². The van der Waals surface area contributed by atoms with Crippen molar-refractivity contribution in [1.82, 2.24) is 4.57 Å². The lowest BCUT2D eigenvalue weighted by atomic mass is 10.1. The van der Waals surface area contributed by atoms with Gasteiger partial charge in [-0.2, -0.15) is 0 Å². The van der Waals surface area contributed by atoms with Crippen molar-refractivity contribution < 1.29 is 23.9 Å². The van der Waals surface area contributed by atoms with Crippen molar-refractivity contribution >= 4 is 36.8 Å². The lowest BCUT2D eigenvalue weighted by Gasteiger charge is -2.10. The van der Waals surface area contributed by atoms with E-state index in [-0.39, 0.29) is 17.4 Å². The summed E-state index contributed by atoms with van der Waals surface area (Å²) in [5, 5.41) is 0.651. The van der Waals surface area contributed by atoms with Crippen molar-refractivity contribution in [3.63, 3.8) is 0 Å². The van der Waals surface area contributed by atoms with Crippen LogP contribution in [-0.4, -0.2) is 30.5 Å². The Morgan fingerprint density at radius 1 is 0.962 bits per heavy atom. The Labute approximate surface area is 153 Å². The highest BCUT2D eigenvalue weighted by molar-refractivity contribution is 6.83. The number of benzene rings is 1. The van der Waals surface area contributed by atoms with Crippen LogP contribution in [0.5, 0.6) is 11.5 Å². The molecule has 1 aromatic heterocycles. The van der Waals surface area contributed by atoms with Gasteiger partial charge in [-0.15, -0.1) is 5.54 Å². The monoisotopic (exact) mass is 371 g/mol. The fraction of sp³-hybridized carbons (Fsp3) is 0.316. The van der Waals surface area contributed by atoms with Gasteiger partial charge in [0.1, 0.15) is 8.07 Å². The zero-order chi connectivity index (χ0) is 19.6. The number of rotatable bonds is 2. The molecule has 0 aliphatic carbocycles. The van der Waals surface area contributed by atoms with Crippen LogP contribution in [0.15, 0.2) is 18.3 Å². The Balaban J connectivity index is 2.78.